The van der Waals surface area contributed by atoms with E-state index < -0.39 is 4.92 Å². The number of aromatic nitrogens is 2. The number of nitrogens with one attached hydrogen (secondary N) is 1. The molecule has 0 atom stereocenters. The van der Waals surface area contributed by atoms with Crippen LogP contribution in [0.4, 0.5) is 11.5 Å². The number of rotatable bonds is 6. The Morgan fingerprint density at radius 1 is 1.18 bits per heavy atom. The van der Waals surface area contributed by atoms with Crippen molar-refractivity contribution in [3.63, 3.8) is 0 Å². The van der Waals surface area contributed by atoms with Crippen molar-refractivity contribution in [1.29, 1.82) is 0 Å². The highest BCUT2D eigenvalue weighted by atomic mass is 35.5. The van der Waals surface area contributed by atoms with E-state index in [4.69, 9.17) is 16.3 Å². The molecule has 9 heteroatoms. The summed E-state index contributed by atoms with van der Waals surface area (Å²) < 4.78 is 6.99. The summed E-state index contributed by atoms with van der Waals surface area (Å²) in [5.41, 5.74) is 0.775. The molecule has 0 radical (unpaired) electrons. The molecule has 1 N–H and O–H groups in total. The number of hydrogen-bond donors (Lipinski definition) is 1. The van der Waals surface area contributed by atoms with Crippen LogP contribution >= 0.6 is 11.6 Å². The Morgan fingerprint density at radius 3 is 2.32 bits per heavy atom. The number of benzene rings is 2. The average Bonchev–Trinajstić information content (AvgIpc) is 2.92. The molecule has 8 nitrogen and oxygen atoms in total. The highest BCUT2D eigenvalue weighted by Crippen LogP contribution is 2.27. The summed E-state index contributed by atoms with van der Waals surface area (Å²) in [6.45, 7) is 1.52. The molecule has 0 fully saturated rings. The first-order chi connectivity index (χ1) is 13.3. The first-order valence-electron chi connectivity index (χ1n) is 8.33. The minimum Gasteiger partial charge on any atom is -0.457 e. The predicted octanol–water partition coefficient (Wildman–Crippen LogP) is 4.26. The molecule has 3 aromatic rings. The summed E-state index contributed by atoms with van der Waals surface area (Å²) in [5, 5.41) is 18.4. The summed E-state index contributed by atoms with van der Waals surface area (Å²) >= 11 is 5.84. The third kappa shape index (κ3) is 4.47. The van der Waals surface area contributed by atoms with Gasteiger partial charge in [-0.15, -0.1) is 0 Å². The van der Waals surface area contributed by atoms with Crippen LogP contribution < -0.4 is 10.1 Å². The van der Waals surface area contributed by atoms with Gasteiger partial charge in [0.15, 0.2) is 0 Å². The van der Waals surface area contributed by atoms with E-state index in [-0.39, 0.29) is 29.5 Å². The van der Waals surface area contributed by atoms with Gasteiger partial charge in [0.2, 0.25) is 11.7 Å². The number of carbonyl (C=O) groups excluding carboxylic acids is 1. The summed E-state index contributed by atoms with van der Waals surface area (Å²) in [7, 11) is 1.54. The lowest BCUT2D eigenvalue weighted by atomic mass is 10.1. The Hall–Kier alpha value is -3.39. The normalized spacial score (nSPS) is 10.5. The van der Waals surface area contributed by atoms with Crippen molar-refractivity contribution < 1.29 is 14.5 Å². The number of amides is 1. The molecule has 28 heavy (non-hydrogen) atoms. The van der Waals surface area contributed by atoms with Gasteiger partial charge < -0.3 is 10.1 Å². The highest BCUT2D eigenvalue weighted by molar-refractivity contribution is 6.30. The Balaban J connectivity index is 1.65. The fraction of sp³-hybridized carbons (Fsp3) is 0.158. The third-order valence-corrected chi connectivity index (χ3v) is 4.22. The second-order valence-corrected chi connectivity index (χ2v) is 6.52. The zero-order valence-corrected chi connectivity index (χ0v) is 15.9. The van der Waals surface area contributed by atoms with E-state index in [1.54, 1.807) is 55.6 Å². The van der Waals surface area contributed by atoms with Gasteiger partial charge in [0.1, 0.15) is 17.2 Å². The molecule has 1 aromatic heterocycles. The van der Waals surface area contributed by atoms with E-state index in [2.05, 4.69) is 10.4 Å². The standard InChI is InChI=1S/C19H17ClN4O4/c1-12-18(24(26)27)19(23(2)22-12)21-17(25)11-13-3-7-15(8-4-13)28-16-9-5-14(20)6-10-16/h3-10H,11H2,1-2H3,(H,21,25). The van der Waals surface area contributed by atoms with E-state index in [9.17, 15) is 14.9 Å². The molecule has 144 valence electrons. The summed E-state index contributed by atoms with van der Waals surface area (Å²) in [4.78, 5) is 22.9. The molecule has 0 aliphatic carbocycles. The second-order valence-electron chi connectivity index (χ2n) is 6.09. The molecule has 3 rings (SSSR count). The molecule has 1 amide bonds. The number of hydrogen-bond acceptors (Lipinski definition) is 5. The van der Waals surface area contributed by atoms with Gasteiger partial charge in [-0.3, -0.25) is 14.9 Å². The summed E-state index contributed by atoms with van der Waals surface area (Å²) in [5.74, 6) is 0.950. The van der Waals surface area contributed by atoms with Crippen LogP contribution in [-0.4, -0.2) is 20.6 Å². The Kier molecular flexibility index (Phi) is 5.60. The lowest BCUT2D eigenvalue weighted by Crippen LogP contribution is -2.17. The minimum atomic E-state index is -0.555. The topological polar surface area (TPSA) is 99.3 Å². The van der Waals surface area contributed by atoms with Crippen molar-refractivity contribution in [2.75, 3.05) is 5.32 Å². The van der Waals surface area contributed by atoms with Gasteiger partial charge in [-0.25, -0.2) is 4.68 Å². The minimum absolute atomic E-state index is 0.0581. The van der Waals surface area contributed by atoms with E-state index in [1.807, 2.05) is 0 Å². The van der Waals surface area contributed by atoms with Crippen LogP contribution in [0, 0.1) is 17.0 Å². The van der Waals surface area contributed by atoms with Crippen molar-refractivity contribution in [3.8, 4) is 11.5 Å². The van der Waals surface area contributed by atoms with Gasteiger partial charge in [0.25, 0.3) is 0 Å². The molecule has 0 saturated heterocycles. The van der Waals surface area contributed by atoms with E-state index in [1.165, 1.54) is 11.6 Å². The second kappa shape index (κ2) is 8.10. The maximum Gasteiger partial charge on any atom is 0.334 e. The molecule has 0 bridgehead atoms. The van der Waals surface area contributed by atoms with E-state index >= 15 is 0 Å². The van der Waals surface area contributed by atoms with Crippen LogP contribution in [0.5, 0.6) is 11.5 Å². The van der Waals surface area contributed by atoms with Gasteiger partial charge in [-0.2, -0.15) is 5.10 Å². The first-order valence-corrected chi connectivity index (χ1v) is 8.71. The van der Waals surface area contributed by atoms with Crippen molar-refractivity contribution >= 4 is 29.0 Å². The van der Waals surface area contributed by atoms with Gasteiger partial charge >= 0.3 is 5.69 Å². The van der Waals surface area contributed by atoms with Crippen LogP contribution in [-0.2, 0) is 18.3 Å². The lowest BCUT2D eigenvalue weighted by molar-refractivity contribution is -0.384. The first kappa shape index (κ1) is 19.4. The van der Waals surface area contributed by atoms with Gasteiger partial charge in [-0.05, 0) is 48.9 Å². The largest absolute Gasteiger partial charge is 0.457 e. The zero-order chi connectivity index (χ0) is 20.3. The molecule has 0 aliphatic rings. The van der Waals surface area contributed by atoms with Crippen LogP contribution in [0.1, 0.15) is 11.3 Å². The molecular formula is C19H17ClN4O4. The maximum atomic E-state index is 12.3. The molecule has 0 unspecified atom stereocenters. The van der Waals surface area contributed by atoms with Gasteiger partial charge in [0, 0.05) is 12.1 Å². The average molecular weight is 401 g/mol. The monoisotopic (exact) mass is 400 g/mol. The lowest BCUT2D eigenvalue weighted by Gasteiger charge is -2.08. The van der Waals surface area contributed by atoms with E-state index in [0.29, 0.717) is 16.5 Å². The molecule has 2 aromatic carbocycles. The van der Waals surface area contributed by atoms with Gasteiger partial charge in [-0.1, -0.05) is 23.7 Å². The molecule has 0 spiro atoms. The van der Waals surface area contributed by atoms with Gasteiger partial charge in [0.05, 0.1) is 11.3 Å². The highest BCUT2D eigenvalue weighted by Gasteiger charge is 2.25. The van der Waals surface area contributed by atoms with Crippen LogP contribution in [0.3, 0.4) is 0 Å². The number of nitrogens with zero attached hydrogens (tertiary/aromatic N) is 3. The maximum absolute atomic E-state index is 12.3. The fourth-order valence-electron chi connectivity index (χ4n) is 2.68. The van der Waals surface area contributed by atoms with Crippen LogP contribution in [0.2, 0.25) is 5.02 Å². The Bertz CT molecular complexity index is 1010. The number of halogens is 1. The predicted molar refractivity (Wildman–Crippen MR) is 105 cm³/mol. The Labute approximate surface area is 165 Å². The molecular weight excluding hydrogens is 384 g/mol. The quantitative estimate of drug-likeness (QED) is 0.492. The van der Waals surface area contributed by atoms with Crippen molar-refractivity contribution in [2.24, 2.45) is 7.05 Å². The number of nitro groups is 1. The van der Waals surface area contributed by atoms with E-state index in [0.717, 1.165) is 5.56 Å². The smallest absolute Gasteiger partial charge is 0.334 e. The number of ether oxygens (including phenoxy) is 1. The van der Waals surface area contributed by atoms with Crippen molar-refractivity contribution in [3.05, 3.63) is 74.9 Å². The molecule has 0 saturated carbocycles. The van der Waals surface area contributed by atoms with Crippen molar-refractivity contribution in [2.45, 2.75) is 13.3 Å². The Morgan fingerprint density at radius 2 is 1.75 bits per heavy atom. The molecule has 1 heterocycles. The summed E-state index contributed by atoms with van der Waals surface area (Å²) in [6.07, 6.45) is 0.0581. The molecule has 0 aliphatic heterocycles. The summed E-state index contributed by atoms with van der Waals surface area (Å²) in [6, 6.07) is 14.0. The van der Waals surface area contributed by atoms with Crippen LogP contribution in [0.25, 0.3) is 0 Å². The zero-order valence-electron chi connectivity index (χ0n) is 15.2. The third-order valence-electron chi connectivity index (χ3n) is 3.97. The SMILES string of the molecule is Cc1nn(C)c(NC(=O)Cc2ccc(Oc3ccc(Cl)cc3)cc2)c1[N+](=O)[O-]. The number of carbonyl (C=O) groups is 1. The fourth-order valence-corrected chi connectivity index (χ4v) is 2.81. The number of aryl methyl sites for hydroxylation is 2. The number of anilines is 1. The van der Waals surface area contributed by atoms with Crippen LogP contribution in [0.15, 0.2) is 48.5 Å². The van der Waals surface area contributed by atoms with Crippen molar-refractivity contribution in [1.82, 2.24) is 9.78 Å².